The molecular weight excluding hydrogens is 278 g/mol. The first-order valence-corrected chi connectivity index (χ1v) is 7.00. The molecule has 20 heavy (non-hydrogen) atoms. The molecule has 0 spiro atoms. The summed E-state index contributed by atoms with van der Waals surface area (Å²) in [4.78, 5) is 11.9. The van der Waals surface area contributed by atoms with E-state index < -0.39 is 0 Å². The lowest BCUT2D eigenvalue weighted by molar-refractivity contribution is 0.0945. The molecule has 1 aliphatic carbocycles. The van der Waals surface area contributed by atoms with Crippen molar-refractivity contribution in [2.75, 3.05) is 6.54 Å². The third kappa shape index (κ3) is 5.09. The molecule has 1 fully saturated rings. The van der Waals surface area contributed by atoms with E-state index in [2.05, 4.69) is 29.5 Å². The number of aryl methyl sites for hydroxylation is 1. The third-order valence-electron chi connectivity index (χ3n) is 3.43. The number of nitrogens with two attached hydrogens (primary N) is 1. The zero-order chi connectivity index (χ0) is 13.8. The average Bonchev–Trinajstić information content (AvgIpc) is 3.12. The van der Waals surface area contributed by atoms with Crippen LogP contribution in [0.5, 0.6) is 0 Å². The van der Waals surface area contributed by atoms with Gasteiger partial charge in [0.05, 0.1) is 6.20 Å². The predicted octanol–water partition coefficient (Wildman–Crippen LogP) is 1.21. The van der Waals surface area contributed by atoms with Crippen molar-refractivity contribution < 1.29 is 4.79 Å². The quantitative estimate of drug-likeness (QED) is 0.793. The van der Waals surface area contributed by atoms with E-state index in [1.165, 1.54) is 12.8 Å². The predicted molar refractivity (Wildman–Crippen MR) is 79.8 cm³/mol. The molecule has 0 aromatic carbocycles. The lowest BCUT2D eigenvalue weighted by Gasteiger charge is -2.10. The van der Waals surface area contributed by atoms with Gasteiger partial charge in [-0.3, -0.25) is 9.48 Å². The number of nitrogens with zero attached hydrogens (tertiary/aromatic N) is 3. The van der Waals surface area contributed by atoms with Crippen molar-refractivity contribution in [1.29, 1.82) is 0 Å². The molecule has 6 nitrogen and oxygen atoms in total. The van der Waals surface area contributed by atoms with Crippen LogP contribution < -0.4 is 11.1 Å². The Bertz CT molecular complexity index is 430. The summed E-state index contributed by atoms with van der Waals surface area (Å²) in [7, 11) is 0. The molecule has 1 aromatic heterocycles. The van der Waals surface area contributed by atoms with Crippen LogP contribution in [0.2, 0.25) is 0 Å². The molecule has 114 valence electrons. The van der Waals surface area contributed by atoms with Crippen LogP contribution in [0.3, 0.4) is 0 Å². The van der Waals surface area contributed by atoms with Crippen LogP contribution in [-0.2, 0) is 6.54 Å². The van der Waals surface area contributed by atoms with Crippen LogP contribution in [0.4, 0.5) is 0 Å². The molecule has 7 heteroatoms. The lowest BCUT2D eigenvalue weighted by atomic mass is 10.1. The number of carbonyl (C=O) groups excluding carboxylic acids is 1. The maximum Gasteiger partial charge on any atom is 0.273 e. The van der Waals surface area contributed by atoms with Crippen LogP contribution >= 0.6 is 12.4 Å². The summed E-state index contributed by atoms with van der Waals surface area (Å²) in [6.07, 6.45) is 5.09. The summed E-state index contributed by atoms with van der Waals surface area (Å²) < 4.78 is 1.72. The Balaban J connectivity index is 0.00000200. The molecule has 0 bridgehead atoms. The standard InChI is InChI=1S/C13H23N5O.ClH/c1-9(2)5-6-18-8-12(16-17-18)13(19)15-7-11(14)10-3-4-10;/h8-11H,3-7,14H2,1-2H3,(H,15,19);1H. The second-order valence-corrected chi connectivity index (χ2v) is 5.76. The van der Waals surface area contributed by atoms with Crippen molar-refractivity contribution in [2.45, 2.75) is 45.7 Å². The highest BCUT2D eigenvalue weighted by Crippen LogP contribution is 2.31. The monoisotopic (exact) mass is 301 g/mol. The summed E-state index contributed by atoms with van der Waals surface area (Å²) >= 11 is 0. The maximum atomic E-state index is 11.9. The molecule has 1 amide bonds. The second kappa shape index (κ2) is 7.59. The van der Waals surface area contributed by atoms with Crippen molar-refractivity contribution >= 4 is 18.3 Å². The Hall–Kier alpha value is -1.14. The highest BCUT2D eigenvalue weighted by Gasteiger charge is 2.28. The van der Waals surface area contributed by atoms with E-state index >= 15 is 0 Å². The van der Waals surface area contributed by atoms with Crippen LogP contribution in [0.25, 0.3) is 0 Å². The van der Waals surface area contributed by atoms with Gasteiger partial charge in [-0.2, -0.15) is 0 Å². The van der Waals surface area contributed by atoms with Gasteiger partial charge < -0.3 is 11.1 Å². The number of carbonyl (C=O) groups is 1. The van der Waals surface area contributed by atoms with Crippen molar-refractivity contribution in [2.24, 2.45) is 17.6 Å². The summed E-state index contributed by atoms with van der Waals surface area (Å²) in [5, 5.41) is 10.7. The van der Waals surface area contributed by atoms with E-state index in [9.17, 15) is 4.79 Å². The molecule has 0 radical (unpaired) electrons. The van der Waals surface area contributed by atoms with Crippen LogP contribution in [-0.4, -0.2) is 33.5 Å². The van der Waals surface area contributed by atoms with E-state index in [4.69, 9.17) is 5.73 Å². The number of nitrogens with one attached hydrogen (secondary N) is 1. The van der Waals surface area contributed by atoms with E-state index in [-0.39, 0.29) is 24.4 Å². The van der Waals surface area contributed by atoms with Gasteiger partial charge in [0.15, 0.2) is 5.69 Å². The van der Waals surface area contributed by atoms with Crippen LogP contribution in [0.1, 0.15) is 43.6 Å². The largest absolute Gasteiger partial charge is 0.349 e. The Kier molecular flexibility index (Phi) is 6.42. The minimum Gasteiger partial charge on any atom is -0.349 e. The summed E-state index contributed by atoms with van der Waals surface area (Å²) in [6.45, 7) is 5.62. The zero-order valence-corrected chi connectivity index (χ0v) is 12.9. The van der Waals surface area contributed by atoms with Gasteiger partial charge in [0.1, 0.15) is 0 Å². The summed E-state index contributed by atoms with van der Waals surface area (Å²) in [5.41, 5.74) is 6.30. The summed E-state index contributed by atoms with van der Waals surface area (Å²) in [5.74, 6) is 1.01. The first kappa shape index (κ1) is 16.9. The van der Waals surface area contributed by atoms with Crippen LogP contribution in [0.15, 0.2) is 6.20 Å². The fourth-order valence-electron chi connectivity index (χ4n) is 1.89. The summed E-state index contributed by atoms with van der Waals surface area (Å²) in [6, 6.07) is 0.0694. The average molecular weight is 302 g/mol. The first-order chi connectivity index (χ1) is 9.06. The molecule has 3 N–H and O–H groups in total. The van der Waals surface area contributed by atoms with Crippen molar-refractivity contribution in [1.82, 2.24) is 20.3 Å². The number of hydrogen-bond donors (Lipinski definition) is 2. The van der Waals surface area contributed by atoms with Gasteiger partial charge in [0.25, 0.3) is 5.91 Å². The van der Waals surface area contributed by atoms with Crippen LogP contribution in [0, 0.1) is 11.8 Å². The smallest absolute Gasteiger partial charge is 0.273 e. The first-order valence-electron chi connectivity index (χ1n) is 7.00. The molecule has 0 saturated heterocycles. The topological polar surface area (TPSA) is 85.8 Å². The molecule has 0 aliphatic heterocycles. The van der Waals surface area contributed by atoms with Gasteiger partial charge >= 0.3 is 0 Å². The van der Waals surface area contributed by atoms with E-state index in [0.29, 0.717) is 24.1 Å². The minimum atomic E-state index is -0.188. The van der Waals surface area contributed by atoms with E-state index in [1.807, 2.05) is 0 Å². The number of aromatic nitrogens is 3. The van der Waals surface area contributed by atoms with Crippen molar-refractivity contribution in [3.05, 3.63) is 11.9 Å². The maximum absolute atomic E-state index is 11.9. The minimum absolute atomic E-state index is 0. The van der Waals surface area contributed by atoms with Gasteiger partial charge in [-0.25, -0.2) is 0 Å². The van der Waals surface area contributed by atoms with E-state index in [1.54, 1.807) is 10.9 Å². The van der Waals surface area contributed by atoms with Gasteiger partial charge in [0, 0.05) is 19.1 Å². The molecule has 1 aromatic rings. The Morgan fingerprint density at radius 1 is 1.55 bits per heavy atom. The number of halogens is 1. The molecule has 1 heterocycles. The van der Waals surface area contributed by atoms with Crippen molar-refractivity contribution in [3.63, 3.8) is 0 Å². The number of amides is 1. The normalized spacial score (nSPS) is 15.8. The molecule has 2 rings (SSSR count). The highest BCUT2D eigenvalue weighted by molar-refractivity contribution is 5.91. The van der Waals surface area contributed by atoms with Crippen molar-refractivity contribution in [3.8, 4) is 0 Å². The Labute approximate surface area is 125 Å². The number of hydrogen-bond acceptors (Lipinski definition) is 4. The number of rotatable bonds is 7. The van der Waals surface area contributed by atoms with E-state index in [0.717, 1.165) is 13.0 Å². The fourth-order valence-corrected chi connectivity index (χ4v) is 1.89. The Morgan fingerprint density at radius 2 is 2.25 bits per heavy atom. The molecular formula is C13H24ClN5O. The molecule has 1 atom stereocenters. The third-order valence-corrected chi connectivity index (χ3v) is 3.43. The second-order valence-electron chi connectivity index (χ2n) is 5.76. The van der Waals surface area contributed by atoms with Gasteiger partial charge in [-0.05, 0) is 31.1 Å². The van der Waals surface area contributed by atoms with Gasteiger partial charge in [-0.15, -0.1) is 17.5 Å². The lowest BCUT2D eigenvalue weighted by Crippen LogP contribution is -2.38. The molecule has 1 saturated carbocycles. The van der Waals surface area contributed by atoms with Gasteiger partial charge in [0.2, 0.25) is 0 Å². The molecule has 1 unspecified atom stereocenters. The highest BCUT2D eigenvalue weighted by atomic mass is 35.5. The Morgan fingerprint density at radius 3 is 2.85 bits per heavy atom. The van der Waals surface area contributed by atoms with Gasteiger partial charge in [-0.1, -0.05) is 19.1 Å². The zero-order valence-electron chi connectivity index (χ0n) is 12.1. The fraction of sp³-hybridized carbons (Fsp3) is 0.769. The SMILES string of the molecule is CC(C)CCn1cc(C(=O)NCC(N)C2CC2)nn1.Cl. The molecule has 1 aliphatic rings.